The first-order valence-corrected chi connectivity index (χ1v) is 7.06. The zero-order chi connectivity index (χ0) is 13.4. The molecule has 2 unspecified atom stereocenters. The number of aromatic nitrogens is 1. The Morgan fingerprint density at radius 3 is 2.61 bits per heavy atom. The topological polar surface area (TPSA) is 28.2 Å². The van der Waals surface area contributed by atoms with Gasteiger partial charge < -0.3 is 5.32 Å². The lowest BCUT2D eigenvalue weighted by atomic mass is 10.1. The summed E-state index contributed by atoms with van der Waals surface area (Å²) in [5, 5.41) is 3.57. The summed E-state index contributed by atoms with van der Waals surface area (Å²) in [7, 11) is 0. The molecule has 0 fully saturated rings. The highest BCUT2D eigenvalue weighted by Gasteiger charge is 2.18. The van der Waals surface area contributed by atoms with Gasteiger partial charge in [0.1, 0.15) is 0 Å². The van der Waals surface area contributed by atoms with Crippen LogP contribution in [0, 0.1) is 0 Å². The van der Waals surface area contributed by atoms with Crippen LogP contribution in [0.4, 0.5) is 0 Å². The van der Waals surface area contributed by atoms with Gasteiger partial charge in [0.2, 0.25) is 0 Å². The van der Waals surface area contributed by atoms with Crippen LogP contribution in [0.5, 0.6) is 0 Å². The third kappa shape index (κ3) is 4.75. The van der Waals surface area contributed by atoms with Crippen molar-refractivity contribution in [3.05, 3.63) is 30.1 Å². The SMILES string of the molecule is CCCNC(C)C(C)N(CC)Cc1ccccn1. The van der Waals surface area contributed by atoms with Crippen molar-refractivity contribution in [2.45, 2.75) is 52.7 Å². The maximum absolute atomic E-state index is 4.41. The highest BCUT2D eigenvalue weighted by molar-refractivity contribution is 5.03. The Bertz CT molecular complexity index is 313. The minimum absolute atomic E-state index is 0.508. The van der Waals surface area contributed by atoms with Crippen LogP contribution in [-0.2, 0) is 6.54 Å². The van der Waals surface area contributed by atoms with E-state index in [0.717, 1.165) is 25.3 Å². The van der Waals surface area contributed by atoms with E-state index in [9.17, 15) is 0 Å². The summed E-state index contributed by atoms with van der Waals surface area (Å²) >= 11 is 0. The van der Waals surface area contributed by atoms with Gasteiger partial charge in [0.25, 0.3) is 0 Å². The number of hydrogen-bond acceptors (Lipinski definition) is 3. The molecule has 0 radical (unpaired) electrons. The summed E-state index contributed by atoms with van der Waals surface area (Å²) in [4.78, 5) is 6.88. The molecule has 102 valence electrons. The maximum Gasteiger partial charge on any atom is 0.0544 e. The molecule has 0 spiro atoms. The Labute approximate surface area is 112 Å². The van der Waals surface area contributed by atoms with Crippen LogP contribution in [0.15, 0.2) is 24.4 Å². The Balaban J connectivity index is 2.54. The molecule has 0 aliphatic heterocycles. The first-order chi connectivity index (χ1) is 8.69. The Hall–Kier alpha value is -0.930. The van der Waals surface area contributed by atoms with Gasteiger partial charge in [-0.25, -0.2) is 0 Å². The fourth-order valence-electron chi connectivity index (χ4n) is 2.10. The summed E-state index contributed by atoms with van der Waals surface area (Å²) in [5.41, 5.74) is 1.15. The number of pyridine rings is 1. The zero-order valence-electron chi connectivity index (χ0n) is 12.2. The number of likely N-dealkylation sites (N-methyl/N-ethyl adjacent to an activating group) is 1. The fraction of sp³-hybridized carbons (Fsp3) is 0.667. The molecule has 0 aliphatic rings. The van der Waals surface area contributed by atoms with E-state index in [4.69, 9.17) is 0 Å². The Kier molecular flexibility index (Phi) is 6.91. The number of hydrogen-bond donors (Lipinski definition) is 1. The number of nitrogens with one attached hydrogen (secondary N) is 1. The molecule has 1 aromatic heterocycles. The third-order valence-electron chi connectivity index (χ3n) is 3.51. The van der Waals surface area contributed by atoms with E-state index in [2.05, 4.69) is 55.0 Å². The molecule has 0 saturated carbocycles. The molecule has 18 heavy (non-hydrogen) atoms. The van der Waals surface area contributed by atoms with E-state index in [1.165, 1.54) is 6.42 Å². The number of nitrogens with zero attached hydrogens (tertiary/aromatic N) is 2. The lowest BCUT2D eigenvalue weighted by molar-refractivity contribution is 0.173. The van der Waals surface area contributed by atoms with Gasteiger partial charge in [-0.2, -0.15) is 0 Å². The van der Waals surface area contributed by atoms with E-state index in [-0.39, 0.29) is 0 Å². The monoisotopic (exact) mass is 249 g/mol. The van der Waals surface area contributed by atoms with Gasteiger partial charge in [-0.15, -0.1) is 0 Å². The molecule has 1 heterocycles. The van der Waals surface area contributed by atoms with Gasteiger partial charge in [0, 0.05) is 24.8 Å². The lowest BCUT2D eigenvalue weighted by Crippen LogP contribution is -2.46. The van der Waals surface area contributed by atoms with E-state index in [1.54, 1.807) is 0 Å². The Morgan fingerprint density at radius 1 is 1.28 bits per heavy atom. The van der Waals surface area contributed by atoms with Crippen LogP contribution in [0.2, 0.25) is 0 Å². The molecule has 1 aromatic rings. The molecule has 3 nitrogen and oxygen atoms in total. The van der Waals surface area contributed by atoms with Gasteiger partial charge >= 0.3 is 0 Å². The van der Waals surface area contributed by atoms with Crippen molar-refractivity contribution in [2.24, 2.45) is 0 Å². The van der Waals surface area contributed by atoms with Gasteiger partial charge in [-0.05, 0) is 45.5 Å². The summed E-state index contributed by atoms with van der Waals surface area (Å²) in [6.45, 7) is 12.0. The van der Waals surface area contributed by atoms with Crippen LogP contribution in [0.25, 0.3) is 0 Å². The predicted octanol–water partition coefficient (Wildman–Crippen LogP) is 2.68. The molecule has 0 amide bonds. The number of rotatable bonds is 8. The van der Waals surface area contributed by atoms with Crippen molar-refractivity contribution in [3.63, 3.8) is 0 Å². The van der Waals surface area contributed by atoms with Crippen LogP contribution < -0.4 is 5.32 Å². The first-order valence-electron chi connectivity index (χ1n) is 7.06. The van der Waals surface area contributed by atoms with E-state index in [1.807, 2.05) is 12.3 Å². The van der Waals surface area contributed by atoms with Gasteiger partial charge in [0.05, 0.1) is 5.69 Å². The van der Waals surface area contributed by atoms with Crippen LogP contribution in [-0.4, -0.2) is 35.1 Å². The summed E-state index contributed by atoms with van der Waals surface area (Å²) < 4.78 is 0. The van der Waals surface area contributed by atoms with Crippen molar-refractivity contribution in [1.82, 2.24) is 15.2 Å². The third-order valence-corrected chi connectivity index (χ3v) is 3.51. The van der Waals surface area contributed by atoms with Crippen LogP contribution in [0.3, 0.4) is 0 Å². The standard InChI is InChI=1S/C15H27N3/c1-5-10-16-13(3)14(4)18(6-2)12-15-9-7-8-11-17-15/h7-9,11,13-14,16H,5-6,10,12H2,1-4H3. The molecule has 0 aliphatic carbocycles. The molecule has 0 saturated heterocycles. The Morgan fingerprint density at radius 2 is 2.06 bits per heavy atom. The van der Waals surface area contributed by atoms with Gasteiger partial charge in [-0.1, -0.05) is 19.9 Å². The second kappa shape index (κ2) is 8.22. The molecular formula is C15H27N3. The molecule has 3 heteroatoms. The van der Waals surface area contributed by atoms with Crippen molar-refractivity contribution in [3.8, 4) is 0 Å². The van der Waals surface area contributed by atoms with E-state index < -0.39 is 0 Å². The maximum atomic E-state index is 4.41. The molecular weight excluding hydrogens is 222 g/mol. The minimum atomic E-state index is 0.508. The predicted molar refractivity (Wildman–Crippen MR) is 77.5 cm³/mol. The zero-order valence-corrected chi connectivity index (χ0v) is 12.2. The average molecular weight is 249 g/mol. The smallest absolute Gasteiger partial charge is 0.0544 e. The van der Waals surface area contributed by atoms with Crippen molar-refractivity contribution >= 4 is 0 Å². The largest absolute Gasteiger partial charge is 0.313 e. The van der Waals surface area contributed by atoms with Crippen molar-refractivity contribution < 1.29 is 0 Å². The quantitative estimate of drug-likeness (QED) is 0.768. The van der Waals surface area contributed by atoms with Crippen molar-refractivity contribution in [2.75, 3.05) is 13.1 Å². The van der Waals surface area contributed by atoms with Crippen molar-refractivity contribution in [1.29, 1.82) is 0 Å². The normalized spacial score (nSPS) is 14.7. The molecule has 0 bridgehead atoms. The highest BCUT2D eigenvalue weighted by Crippen LogP contribution is 2.09. The van der Waals surface area contributed by atoms with E-state index in [0.29, 0.717) is 12.1 Å². The van der Waals surface area contributed by atoms with Crippen LogP contribution in [0.1, 0.15) is 39.8 Å². The minimum Gasteiger partial charge on any atom is -0.313 e. The molecule has 1 N–H and O–H groups in total. The second-order valence-electron chi connectivity index (χ2n) is 4.87. The van der Waals surface area contributed by atoms with E-state index >= 15 is 0 Å². The first kappa shape index (κ1) is 15.1. The summed E-state index contributed by atoms with van der Waals surface area (Å²) in [5.74, 6) is 0. The van der Waals surface area contributed by atoms with Gasteiger partial charge in [-0.3, -0.25) is 9.88 Å². The lowest BCUT2D eigenvalue weighted by Gasteiger charge is -2.32. The highest BCUT2D eigenvalue weighted by atomic mass is 15.2. The molecule has 1 rings (SSSR count). The molecule has 0 aromatic carbocycles. The second-order valence-corrected chi connectivity index (χ2v) is 4.87. The molecule has 2 atom stereocenters. The van der Waals surface area contributed by atoms with Gasteiger partial charge in [0.15, 0.2) is 0 Å². The summed E-state index contributed by atoms with van der Waals surface area (Å²) in [6, 6.07) is 7.14. The fourth-order valence-corrected chi connectivity index (χ4v) is 2.10. The summed E-state index contributed by atoms with van der Waals surface area (Å²) in [6.07, 6.45) is 3.05. The average Bonchev–Trinajstić information content (AvgIpc) is 2.42. The van der Waals surface area contributed by atoms with Crippen LogP contribution >= 0.6 is 0 Å².